The number of rotatable bonds is 9. The number of nitrogens with one attached hydrogen (secondary N) is 1. The summed E-state index contributed by atoms with van der Waals surface area (Å²) >= 11 is 1.83. The van der Waals surface area contributed by atoms with Gasteiger partial charge >= 0.3 is 0 Å². The van der Waals surface area contributed by atoms with Crippen LogP contribution in [0.15, 0.2) is 0 Å². The van der Waals surface area contributed by atoms with Gasteiger partial charge in [0.1, 0.15) is 0 Å². The zero-order valence-corrected chi connectivity index (χ0v) is 11.6. The lowest BCUT2D eigenvalue weighted by atomic mass is 9.94. The first-order valence-corrected chi connectivity index (χ1v) is 7.88. The Bertz CT molecular complexity index is 209. The molecule has 0 saturated carbocycles. The molecule has 0 unspecified atom stereocenters. The highest BCUT2D eigenvalue weighted by atomic mass is 32.2. The molecule has 0 spiro atoms. The Morgan fingerprint density at radius 2 is 2.06 bits per heavy atom. The van der Waals surface area contributed by atoms with Gasteiger partial charge < -0.3 is 10.1 Å². The van der Waals surface area contributed by atoms with Gasteiger partial charge in [0.15, 0.2) is 0 Å². The molecule has 0 atom stereocenters. The topological polar surface area (TPSA) is 21.3 Å². The SMILES string of the molecule is C#CCSCCNCCCCC1CCOCC1. The fraction of sp³-hybridized carbons (Fsp3) is 0.857. The molecule has 2 nitrogen and oxygen atoms in total. The Kier molecular flexibility index (Phi) is 9.59. The van der Waals surface area contributed by atoms with E-state index in [4.69, 9.17) is 11.2 Å². The predicted octanol–water partition coefficient (Wildman–Crippen LogP) is 2.54. The van der Waals surface area contributed by atoms with Crippen LogP contribution in [0, 0.1) is 18.3 Å². The van der Waals surface area contributed by atoms with E-state index in [1.165, 1.54) is 32.1 Å². The van der Waals surface area contributed by atoms with Crippen molar-refractivity contribution >= 4 is 11.8 Å². The molecule has 1 aliphatic heterocycles. The standard InChI is InChI=1S/C14H25NOS/c1-2-12-17-13-9-15-8-4-3-5-14-6-10-16-11-7-14/h1,14-15H,3-13H2. The second-order valence-corrected chi connectivity index (χ2v) is 5.66. The van der Waals surface area contributed by atoms with Crippen molar-refractivity contribution in [2.45, 2.75) is 32.1 Å². The van der Waals surface area contributed by atoms with E-state index >= 15 is 0 Å². The lowest BCUT2D eigenvalue weighted by Crippen LogP contribution is -2.19. The third-order valence-electron chi connectivity index (χ3n) is 3.17. The van der Waals surface area contributed by atoms with Crippen LogP contribution in [0.4, 0.5) is 0 Å². The Labute approximate surface area is 110 Å². The molecule has 0 aromatic carbocycles. The highest BCUT2D eigenvalue weighted by molar-refractivity contribution is 7.99. The normalized spacial score (nSPS) is 16.9. The minimum atomic E-state index is 0.839. The van der Waals surface area contributed by atoms with Crippen LogP contribution < -0.4 is 5.32 Å². The van der Waals surface area contributed by atoms with E-state index in [9.17, 15) is 0 Å². The van der Waals surface area contributed by atoms with Gasteiger partial charge in [0.05, 0.1) is 5.75 Å². The Morgan fingerprint density at radius 1 is 1.24 bits per heavy atom. The number of hydrogen-bond donors (Lipinski definition) is 1. The molecule has 1 fully saturated rings. The van der Waals surface area contributed by atoms with E-state index in [1.807, 2.05) is 11.8 Å². The van der Waals surface area contributed by atoms with Crippen LogP contribution >= 0.6 is 11.8 Å². The van der Waals surface area contributed by atoms with Crippen LogP contribution in [0.1, 0.15) is 32.1 Å². The van der Waals surface area contributed by atoms with E-state index in [1.54, 1.807) is 0 Å². The second-order valence-electron chi connectivity index (χ2n) is 4.56. The van der Waals surface area contributed by atoms with Crippen molar-refractivity contribution in [3.05, 3.63) is 0 Å². The van der Waals surface area contributed by atoms with Gasteiger partial charge in [-0.1, -0.05) is 18.8 Å². The number of hydrogen-bond acceptors (Lipinski definition) is 3. The molecule has 1 aliphatic rings. The molecule has 0 aromatic rings. The van der Waals surface area contributed by atoms with Crippen LogP contribution in [0.25, 0.3) is 0 Å². The first kappa shape index (κ1) is 14.9. The van der Waals surface area contributed by atoms with E-state index in [2.05, 4.69) is 11.2 Å². The van der Waals surface area contributed by atoms with Crippen molar-refractivity contribution in [2.75, 3.05) is 37.8 Å². The maximum Gasteiger partial charge on any atom is 0.0545 e. The monoisotopic (exact) mass is 255 g/mol. The Morgan fingerprint density at radius 3 is 2.82 bits per heavy atom. The van der Waals surface area contributed by atoms with E-state index < -0.39 is 0 Å². The quantitative estimate of drug-likeness (QED) is 0.505. The molecule has 1 heterocycles. The zero-order valence-electron chi connectivity index (χ0n) is 10.7. The van der Waals surface area contributed by atoms with E-state index in [0.29, 0.717) is 0 Å². The molecule has 1 saturated heterocycles. The molecular formula is C14H25NOS. The zero-order chi connectivity index (χ0) is 12.2. The van der Waals surface area contributed by atoms with Gasteiger partial charge in [-0.3, -0.25) is 0 Å². The molecule has 0 amide bonds. The lowest BCUT2D eigenvalue weighted by molar-refractivity contribution is 0.0632. The third kappa shape index (κ3) is 8.54. The second kappa shape index (κ2) is 11.0. The van der Waals surface area contributed by atoms with Gasteiger partial charge in [-0.25, -0.2) is 0 Å². The minimum Gasteiger partial charge on any atom is -0.381 e. The number of terminal acetylenes is 1. The number of unbranched alkanes of at least 4 members (excludes halogenated alkanes) is 1. The fourth-order valence-electron chi connectivity index (χ4n) is 2.12. The Balaban J connectivity index is 1.76. The third-order valence-corrected chi connectivity index (χ3v) is 4.03. The Hall–Kier alpha value is -0.170. The van der Waals surface area contributed by atoms with Crippen molar-refractivity contribution in [2.24, 2.45) is 5.92 Å². The fourth-order valence-corrected chi connectivity index (χ4v) is 2.67. The summed E-state index contributed by atoms with van der Waals surface area (Å²) in [4.78, 5) is 0. The van der Waals surface area contributed by atoms with Gasteiger partial charge in [-0.05, 0) is 31.7 Å². The highest BCUT2D eigenvalue weighted by Crippen LogP contribution is 2.20. The molecule has 0 aromatic heterocycles. The van der Waals surface area contributed by atoms with E-state index in [-0.39, 0.29) is 0 Å². The van der Waals surface area contributed by atoms with Crippen molar-refractivity contribution < 1.29 is 4.74 Å². The number of ether oxygens (including phenoxy) is 1. The molecule has 17 heavy (non-hydrogen) atoms. The average molecular weight is 255 g/mol. The van der Waals surface area contributed by atoms with Gasteiger partial charge in [-0.15, -0.1) is 18.2 Å². The van der Waals surface area contributed by atoms with Crippen molar-refractivity contribution in [3.63, 3.8) is 0 Å². The number of thioether (sulfide) groups is 1. The van der Waals surface area contributed by atoms with Crippen LogP contribution in [0.3, 0.4) is 0 Å². The van der Waals surface area contributed by atoms with Gasteiger partial charge in [0, 0.05) is 25.5 Å². The molecule has 0 aliphatic carbocycles. The van der Waals surface area contributed by atoms with Gasteiger partial charge in [-0.2, -0.15) is 0 Å². The van der Waals surface area contributed by atoms with Crippen LogP contribution in [0.5, 0.6) is 0 Å². The van der Waals surface area contributed by atoms with Crippen LogP contribution in [-0.2, 0) is 4.74 Å². The van der Waals surface area contributed by atoms with Gasteiger partial charge in [0.25, 0.3) is 0 Å². The largest absolute Gasteiger partial charge is 0.381 e. The highest BCUT2D eigenvalue weighted by Gasteiger charge is 2.12. The summed E-state index contributed by atoms with van der Waals surface area (Å²) in [6, 6.07) is 0. The van der Waals surface area contributed by atoms with Gasteiger partial charge in [0.2, 0.25) is 0 Å². The molecule has 98 valence electrons. The van der Waals surface area contributed by atoms with Crippen LogP contribution in [0.2, 0.25) is 0 Å². The summed E-state index contributed by atoms with van der Waals surface area (Å²) in [5.41, 5.74) is 0. The predicted molar refractivity (Wildman–Crippen MR) is 76.4 cm³/mol. The summed E-state index contributed by atoms with van der Waals surface area (Å²) in [5, 5.41) is 3.47. The summed E-state index contributed by atoms with van der Waals surface area (Å²) in [6.07, 6.45) is 11.8. The van der Waals surface area contributed by atoms with Crippen molar-refractivity contribution in [1.29, 1.82) is 0 Å². The minimum absolute atomic E-state index is 0.839. The van der Waals surface area contributed by atoms with Crippen LogP contribution in [-0.4, -0.2) is 37.8 Å². The molecule has 0 bridgehead atoms. The molecule has 1 N–H and O–H groups in total. The first-order chi connectivity index (χ1) is 8.43. The maximum absolute atomic E-state index is 5.36. The summed E-state index contributed by atoms with van der Waals surface area (Å²) in [7, 11) is 0. The maximum atomic E-state index is 5.36. The molecular weight excluding hydrogens is 230 g/mol. The lowest BCUT2D eigenvalue weighted by Gasteiger charge is -2.21. The molecule has 3 heteroatoms. The molecule has 1 rings (SSSR count). The summed E-state index contributed by atoms with van der Waals surface area (Å²) < 4.78 is 5.36. The molecule has 0 radical (unpaired) electrons. The van der Waals surface area contributed by atoms with E-state index in [0.717, 1.165) is 43.7 Å². The first-order valence-electron chi connectivity index (χ1n) is 6.73. The van der Waals surface area contributed by atoms with Crippen molar-refractivity contribution in [1.82, 2.24) is 5.32 Å². The average Bonchev–Trinajstić information content (AvgIpc) is 2.38. The summed E-state index contributed by atoms with van der Waals surface area (Å²) in [5.74, 6) is 5.53. The summed E-state index contributed by atoms with van der Waals surface area (Å²) in [6.45, 7) is 4.20. The smallest absolute Gasteiger partial charge is 0.0545 e. The van der Waals surface area contributed by atoms with Crippen molar-refractivity contribution in [3.8, 4) is 12.3 Å².